The van der Waals surface area contributed by atoms with Crippen LogP contribution in [0.25, 0.3) is 6.08 Å². The molecule has 0 atom stereocenters. The molecule has 74 valence electrons. The zero-order valence-electron chi connectivity index (χ0n) is 7.16. The third-order valence-corrected chi connectivity index (χ3v) is 1.76. The fraction of sp³-hybridized carbons (Fsp3) is 0.111. The molecule has 0 spiro atoms. The number of aromatic amines is 1. The summed E-state index contributed by atoms with van der Waals surface area (Å²) < 4.78 is 0. The van der Waals surface area contributed by atoms with E-state index in [1.807, 2.05) is 0 Å². The number of H-pyrrole nitrogens is 1. The lowest BCUT2D eigenvalue weighted by molar-refractivity contribution is -0.135. The third-order valence-electron chi connectivity index (χ3n) is 1.48. The quantitative estimate of drug-likeness (QED) is 0.800. The van der Waals surface area contributed by atoms with Gasteiger partial charge in [0.15, 0.2) is 0 Å². The number of carbonyl (C=O) groups is 1. The number of hydrogen-bond donors (Lipinski definition) is 2. The van der Waals surface area contributed by atoms with Gasteiger partial charge in [-0.15, -0.1) is 0 Å². The lowest BCUT2D eigenvalue weighted by atomic mass is 10.2. The Kier molecular flexibility index (Phi) is 3.48. The van der Waals surface area contributed by atoms with Crippen LogP contribution in [-0.4, -0.2) is 16.1 Å². The maximum absolute atomic E-state index is 10.8. The largest absolute Gasteiger partial charge is 0.481 e. The molecule has 1 rings (SSSR count). The van der Waals surface area contributed by atoms with Crippen molar-refractivity contribution in [3.8, 4) is 0 Å². The third kappa shape index (κ3) is 3.06. The topological polar surface area (TPSA) is 70.2 Å². The van der Waals surface area contributed by atoms with Gasteiger partial charge in [-0.2, -0.15) is 0 Å². The van der Waals surface area contributed by atoms with Crippen LogP contribution in [0.4, 0.5) is 0 Å². The summed E-state index contributed by atoms with van der Waals surface area (Å²) in [6, 6.07) is 1.47. The second-order valence-corrected chi connectivity index (χ2v) is 3.02. The number of nitrogens with one attached hydrogen (secondary N) is 1. The normalized spacial score (nSPS) is 10.6. The lowest BCUT2D eigenvalue weighted by Crippen LogP contribution is -2.04. The molecule has 5 heteroatoms. The van der Waals surface area contributed by atoms with Gasteiger partial charge < -0.3 is 10.1 Å². The van der Waals surface area contributed by atoms with Crippen molar-refractivity contribution < 1.29 is 9.90 Å². The molecule has 1 heterocycles. The summed E-state index contributed by atoms with van der Waals surface area (Å²) in [4.78, 5) is 23.4. The second kappa shape index (κ2) is 4.62. The highest BCUT2D eigenvalue weighted by molar-refractivity contribution is 6.30. The van der Waals surface area contributed by atoms with E-state index in [1.54, 1.807) is 6.08 Å². The standard InChI is InChI=1S/C9H8ClNO3/c10-7-4-6(5-11-9(7)14)2-1-3-8(12)13/h1-2,4-5H,3H2,(H,11,14)(H,12,13). The molecule has 0 radical (unpaired) electrons. The second-order valence-electron chi connectivity index (χ2n) is 2.61. The molecular formula is C9H8ClNO3. The molecule has 0 saturated heterocycles. The lowest BCUT2D eigenvalue weighted by Gasteiger charge is -1.92. The number of aromatic nitrogens is 1. The van der Waals surface area contributed by atoms with Crippen LogP contribution < -0.4 is 5.56 Å². The summed E-state index contributed by atoms with van der Waals surface area (Å²) >= 11 is 5.56. The molecule has 0 amide bonds. The number of aliphatic carboxylic acids is 1. The molecule has 1 aromatic heterocycles. The van der Waals surface area contributed by atoms with Crippen molar-refractivity contribution in [1.82, 2.24) is 4.98 Å². The first-order chi connectivity index (χ1) is 6.59. The molecule has 0 aliphatic carbocycles. The summed E-state index contributed by atoms with van der Waals surface area (Å²) in [6.07, 6.45) is 4.46. The number of pyridine rings is 1. The van der Waals surface area contributed by atoms with Crippen molar-refractivity contribution in [2.45, 2.75) is 6.42 Å². The van der Waals surface area contributed by atoms with Crippen LogP contribution in [0.1, 0.15) is 12.0 Å². The summed E-state index contributed by atoms with van der Waals surface area (Å²) in [5.74, 6) is -0.906. The van der Waals surface area contributed by atoms with Gasteiger partial charge in [0.1, 0.15) is 5.02 Å². The Morgan fingerprint density at radius 2 is 2.36 bits per heavy atom. The van der Waals surface area contributed by atoms with Gasteiger partial charge >= 0.3 is 5.97 Å². The van der Waals surface area contributed by atoms with Gasteiger partial charge in [-0.05, 0) is 11.6 Å². The predicted octanol–water partition coefficient (Wildman–Crippen LogP) is 1.52. The number of rotatable bonds is 3. The Hall–Kier alpha value is -1.55. The van der Waals surface area contributed by atoms with Gasteiger partial charge in [0.25, 0.3) is 5.56 Å². The summed E-state index contributed by atoms with van der Waals surface area (Å²) in [7, 11) is 0. The van der Waals surface area contributed by atoms with E-state index in [-0.39, 0.29) is 17.0 Å². The van der Waals surface area contributed by atoms with E-state index in [0.717, 1.165) is 0 Å². The average molecular weight is 214 g/mol. The van der Waals surface area contributed by atoms with Gasteiger partial charge in [-0.1, -0.05) is 23.8 Å². The number of carboxylic acids is 1. The Balaban J connectivity index is 2.78. The van der Waals surface area contributed by atoms with Gasteiger partial charge in [0.2, 0.25) is 0 Å². The van der Waals surface area contributed by atoms with Crippen molar-refractivity contribution in [3.63, 3.8) is 0 Å². The molecule has 4 nitrogen and oxygen atoms in total. The fourth-order valence-electron chi connectivity index (χ4n) is 0.863. The van der Waals surface area contributed by atoms with Crippen LogP contribution in [0.2, 0.25) is 5.02 Å². The maximum Gasteiger partial charge on any atom is 0.307 e. The van der Waals surface area contributed by atoms with Crippen molar-refractivity contribution in [2.75, 3.05) is 0 Å². The van der Waals surface area contributed by atoms with Crippen molar-refractivity contribution >= 4 is 23.6 Å². The molecule has 0 aliphatic rings. The zero-order valence-corrected chi connectivity index (χ0v) is 7.91. The summed E-state index contributed by atoms with van der Waals surface area (Å²) in [5, 5.41) is 8.44. The minimum atomic E-state index is -0.906. The van der Waals surface area contributed by atoms with Gasteiger partial charge in [0.05, 0.1) is 6.42 Å². The first kappa shape index (κ1) is 10.5. The monoisotopic (exact) mass is 213 g/mol. The molecule has 14 heavy (non-hydrogen) atoms. The van der Waals surface area contributed by atoms with Crippen LogP contribution >= 0.6 is 11.6 Å². The molecule has 0 fully saturated rings. The van der Waals surface area contributed by atoms with Crippen LogP contribution in [0, 0.1) is 0 Å². The smallest absolute Gasteiger partial charge is 0.307 e. The van der Waals surface area contributed by atoms with Crippen LogP contribution in [0.3, 0.4) is 0 Å². The average Bonchev–Trinajstić information content (AvgIpc) is 2.10. The highest BCUT2D eigenvalue weighted by Crippen LogP contribution is 2.05. The van der Waals surface area contributed by atoms with Crippen molar-refractivity contribution in [3.05, 3.63) is 39.3 Å². The SMILES string of the molecule is O=C(O)CC=Cc1c[nH]c(=O)c(Cl)c1. The number of carboxylic acid groups (broad SMARTS) is 1. The van der Waals surface area contributed by atoms with Crippen LogP contribution in [0.5, 0.6) is 0 Å². The predicted molar refractivity (Wildman–Crippen MR) is 53.4 cm³/mol. The minimum absolute atomic E-state index is 0.0588. The Morgan fingerprint density at radius 1 is 1.64 bits per heavy atom. The molecule has 0 bridgehead atoms. The zero-order chi connectivity index (χ0) is 10.6. The van der Waals surface area contributed by atoms with Crippen LogP contribution in [0.15, 0.2) is 23.1 Å². The van der Waals surface area contributed by atoms with E-state index in [4.69, 9.17) is 16.7 Å². The Bertz CT molecular complexity index is 422. The molecule has 0 saturated carbocycles. The summed E-state index contributed by atoms with van der Waals surface area (Å²) in [5.41, 5.74) is 0.304. The molecule has 0 aliphatic heterocycles. The first-order valence-corrected chi connectivity index (χ1v) is 4.24. The van der Waals surface area contributed by atoms with E-state index in [2.05, 4.69) is 4.98 Å². The molecule has 1 aromatic rings. The highest BCUT2D eigenvalue weighted by atomic mass is 35.5. The Labute approximate surface area is 84.8 Å². The summed E-state index contributed by atoms with van der Waals surface area (Å²) in [6.45, 7) is 0. The van der Waals surface area contributed by atoms with Gasteiger partial charge in [-0.25, -0.2) is 0 Å². The maximum atomic E-state index is 10.8. The van der Waals surface area contributed by atoms with E-state index in [9.17, 15) is 9.59 Å². The molecule has 0 unspecified atom stereocenters. The van der Waals surface area contributed by atoms with E-state index in [1.165, 1.54) is 18.3 Å². The number of hydrogen-bond acceptors (Lipinski definition) is 2. The molecule has 2 N–H and O–H groups in total. The fourth-order valence-corrected chi connectivity index (χ4v) is 1.04. The Morgan fingerprint density at radius 3 is 2.93 bits per heavy atom. The first-order valence-electron chi connectivity index (χ1n) is 3.86. The van der Waals surface area contributed by atoms with Gasteiger partial charge in [0, 0.05) is 6.20 Å². The minimum Gasteiger partial charge on any atom is -0.481 e. The highest BCUT2D eigenvalue weighted by Gasteiger charge is 1.95. The molecule has 0 aromatic carbocycles. The van der Waals surface area contributed by atoms with Crippen molar-refractivity contribution in [2.24, 2.45) is 0 Å². The van der Waals surface area contributed by atoms with E-state index < -0.39 is 5.97 Å². The van der Waals surface area contributed by atoms with Crippen molar-refractivity contribution in [1.29, 1.82) is 0 Å². The van der Waals surface area contributed by atoms with E-state index >= 15 is 0 Å². The van der Waals surface area contributed by atoms with Gasteiger partial charge in [-0.3, -0.25) is 9.59 Å². The molecular weight excluding hydrogens is 206 g/mol. The van der Waals surface area contributed by atoms with E-state index in [0.29, 0.717) is 5.56 Å². The number of halogens is 1. The van der Waals surface area contributed by atoms with Crippen LogP contribution in [-0.2, 0) is 4.79 Å².